The van der Waals surface area contributed by atoms with Gasteiger partial charge in [0.25, 0.3) is 0 Å². The lowest BCUT2D eigenvalue weighted by Gasteiger charge is -2.24. The van der Waals surface area contributed by atoms with Crippen molar-refractivity contribution in [1.29, 1.82) is 0 Å². The van der Waals surface area contributed by atoms with Crippen LogP contribution >= 0.6 is 11.8 Å². The third-order valence-corrected chi connectivity index (χ3v) is 4.35. The van der Waals surface area contributed by atoms with Gasteiger partial charge in [0, 0.05) is 10.6 Å². The monoisotopic (exact) mass is 299 g/mol. The van der Waals surface area contributed by atoms with Crippen molar-refractivity contribution in [2.45, 2.75) is 11.3 Å². The number of thioether (sulfide) groups is 1. The number of ether oxygens (including phenoxy) is 1. The lowest BCUT2D eigenvalue weighted by atomic mass is 9.96. The zero-order chi connectivity index (χ0) is 14.7. The summed E-state index contributed by atoms with van der Waals surface area (Å²) < 4.78 is 5.67. The molecule has 0 spiro atoms. The topological polar surface area (TPSA) is 38.3 Å². The number of amides is 1. The molecule has 1 aliphatic rings. The number of benzene rings is 2. The van der Waals surface area contributed by atoms with Crippen LogP contribution in [0.25, 0.3) is 0 Å². The maximum atomic E-state index is 12.3. The molecule has 1 amide bonds. The van der Waals surface area contributed by atoms with Gasteiger partial charge in [0.15, 0.2) is 0 Å². The van der Waals surface area contributed by atoms with Gasteiger partial charge < -0.3 is 10.1 Å². The van der Waals surface area contributed by atoms with Gasteiger partial charge in [-0.15, -0.1) is 11.8 Å². The van der Waals surface area contributed by atoms with Crippen LogP contribution in [0.2, 0.25) is 0 Å². The summed E-state index contributed by atoms with van der Waals surface area (Å²) in [6.45, 7) is 0.436. The number of carbonyl (C=O) groups is 1. The highest BCUT2D eigenvalue weighted by molar-refractivity contribution is 7.98. The van der Waals surface area contributed by atoms with E-state index in [0.29, 0.717) is 6.61 Å². The third kappa shape index (κ3) is 3.22. The van der Waals surface area contributed by atoms with Crippen molar-refractivity contribution >= 4 is 23.4 Å². The van der Waals surface area contributed by atoms with Gasteiger partial charge in [0.05, 0.1) is 5.92 Å². The molecule has 0 bridgehead atoms. The Balaban J connectivity index is 1.66. The van der Waals surface area contributed by atoms with Gasteiger partial charge in [-0.2, -0.15) is 0 Å². The SMILES string of the molecule is CSc1ccc(NC(=O)C2COc3ccccc3C2)cc1. The first-order valence-electron chi connectivity index (χ1n) is 6.92. The minimum atomic E-state index is -0.139. The van der Waals surface area contributed by atoms with Crippen LogP contribution in [-0.2, 0) is 11.2 Å². The van der Waals surface area contributed by atoms with Gasteiger partial charge in [-0.05, 0) is 48.6 Å². The second-order valence-corrected chi connectivity index (χ2v) is 5.92. The van der Waals surface area contributed by atoms with E-state index in [9.17, 15) is 4.79 Å². The summed E-state index contributed by atoms with van der Waals surface area (Å²) in [4.78, 5) is 13.5. The van der Waals surface area contributed by atoms with E-state index in [-0.39, 0.29) is 11.8 Å². The molecule has 1 atom stereocenters. The molecule has 0 saturated heterocycles. The van der Waals surface area contributed by atoms with E-state index in [0.717, 1.165) is 23.4 Å². The molecule has 0 radical (unpaired) electrons. The van der Waals surface area contributed by atoms with Crippen LogP contribution in [0.4, 0.5) is 5.69 Å². The fraction of sp³-hybridized carbons (Fsp3) is 0.235. The van der Waals surface area contributed by atoms with Crippen LogP contribution in [0.3, 0.4) is 0 Å². The van der Waals surface area contributed by atoms with Gasteiger partial charge in [-0.3, -0.25) is 4.79 Å². The molecule has 21 heavy (non-hydrogen) atoms. The molecule has 3 rings (SSSR count). The highest BCUT2D eigenvalue weighted by Crippen LogP contribution is 2.27. The fourth-order valence-electron chi connectivity index (χ4n) is 2.42. The zero-order valence-electron chi connectivity index (χ0n) is 11.8. The number of nitrogens with one attached hydrogen (secondary N) is 1. The Hall–Kier alpha value is -1.94. The second kappa shape index (κ2) is 6.22. The Bertz CT molecular complexity index is 639. The Morgan fingerprint density at radius 1 is 1.19 bits per heavy atom. The molecule has 3 nitrogen and oxygen atoms in total. The summed E-state index contributed by atoms with van der Waals surface area (Å²) in [5.74, 6) is 0.771. The molecule has 2 aromatic carbocycles. The Labute approximate surface area is 128 Å². The molecule has 0 fully saturated rings. The van der Waals surface area contributed by atoms with Crippen LogP contribution in [0.1, 0.15) is 5.56 Å². The van der Waals surface area contributed by atoms with Crippen molar-refractivity contribution in [3.8, 4) is 5.75 Å². The fourth-order valence-corrected chi connectivity index (χ4v) is 2.82. The first-order valence-corrected chi connectivity index (χ1v) is 8.14. The minimum absolute atomic E-state index is 0.0152. The molecular formula is C17H17NO2S. The van der Waals surface area contributed by atoms with Crippen molar-refractivity contribution in [3.63, 3.8) is 0 Å². The molecule has 0 aromatic heterocycles. The number of fused-ring (bicyclic) bond motifs is 1. The standard InChI is InChI=1S/C17H17NO2S/c1-21-15-8-6-14(7-9-15)18-17(19)13-10-12-4-2-3-5-16(12)20-11-13/h2-9,13H,10-11H2,1H3,(H,18,19). The summed E-state index contributed by atoms with van der Waals surface area (Å²) in [5.41, 5.74) is 1.93. The quantitative estimate of drug-likeness (QED) is 0.880. The van der Waals surface area contributed by atoms with Gasteiger partial charge in [-0.25, -0.2) is 0 Å². The molecule has 1 heterocycles. The predicted molar refractivity (Wildman–Crippen MR) is 86.0 cm³/mol. The molecule has 0 saturated carbocycles. The first kappa shape index (κ1) is 14.0. The summed E-state index contributed by atoms with van der Waals surface area (Å²) >= 11 is 1.68. The summed E-state index contributed by atoms with van der Waals surface area (Å²) in [7, 11) is 0. The molecule has 1 aliphatic heterocycles. The second-order valence-electron chi connectivity index (χ2n) is 5.04. The molecule has 108 valence electrons. The molecule has 0 aliphatic carbocycles. The van der Waals surface area contributed by atoms with E-state index in [1.54, 1.807) is 11.8 Å². The van der Waals surface area contributed by atoms with Crippen molar-refractivity contribution in [3.05, 3.63) is 54.1 Å². The van der Waals surface area contributed by atoms with Crippen molar-refractivity contribution in [1.82, 2.24) is 0 Å². The molecule has 2 aromatic rings. The molecule has 1 N–H and O–H groups in total. The molecule has 1 unspecified atom stereocenters. The summed E-state index contributed by atoms with van der Waals surface area (Å²) in [6, 6.07) is 15.8. The number of hydrogen-bond acceptors (Lipinski definition) is 3. The van der Waals surface area contributed by atoms with E-state index < -0.39 is 0 Å². The normalized spacial score (nSPS) is 16.7. The number of anilines is 1. The third-order valence-electron chi connectivity index (χ3n) is 3.61. The van der Waals surface area contributed by atoms with Gasteiger partial charge in [0.1, 0.15) is 12.4 Å². The van der Waals surface area contributed by atoms with Crippen LogP contribution in [0.15, 0.2) is 53.4 Å². The van der Waals surface area contributed by atoms with E-state index in [2.05, 4.69) is 5.32 Å². The summed E-state index contributed by atoms with van der Waals surface area (Å²) in [6.07, 6.45) is 2.76. The average molecular weight is 299 g/mol. The smallest absolute Gasteiger partial charge is 0.231 e. The van der Waals surface area contributed by atoms with E-state index >= 15 is 0 Å². The molecule has 4 heteroatoms. The van der Waals surface area contributed by atoms with Gasteiger partial charge >= 0.3 is 0 Å². The minimum Gasteiger partial charge on any atom is -0.492 e. The first-order chi connectivity index (χ1) is 10.3. The van der Waals surface area contributed by atoms with Crippen molar-refractivity contribution < 1.29 is 9.53 Å². The van der Waals surface area contributed by atoms with Crippen molar-refractivity contribution in [2.75, 3.05) is 18.2 Å². The lowest BCUT2D eigenvalue weighted by Crippen LogP contribution is -2.32. The lowest BCUT2D eigenvalue weighted by molar-refractivity contribution is -0.121. The number of hydrogen-bond donors (Lipinski definition) is 1. The number of para-hydroxylation sites is 1. The number of rotatable bonds is 3. The Morgan fingerprint density at radius 2 is 1.95 bits per heavy atom. The Kier molecular flexibility index (Phi) is 4.15. The number of carbonyl (C=O) groups excluding carboxylic acids is 1. The van der Waals surface area contributed by atoms with Crippen LogP contribution in [0.5, 0.6) is 5.75 Å². The van der Waals surface area contributed by atoms with Crippen LogP contribution in [0, 0.1) is 5.92 Å². The largest absolute Gasteiger partial charge is 0.492 e. The van der Waals surface area contributed by atoms with E-state index in [1.165, 1.54) is 4.90 Å². The zero-order valence-corrected chi connectivity index (χ0v) is 12.7. The summed E-state index contributed by atoms with van der Waals surface area (Å²) in [5, 5.41) is 2.97. The highest BCUT2D eigenvalue weighted by Gasteiger charge is 2.25. The van der Waals surface area contributed by atoms with Crippen LogP contribution < -0.4 is 10.1 Å². The van der Waals surface area contributed by atoms with Gasteiger partial charge in [-0.1, -0.05) is 18.2 Å². The van der Waals surface area contributed by atoms with E-state index in [4.69, 9.17) is 4.74 Å². The van der Waals surface area contributed by atoms with Gasteiger partial charge in [0.2, 0.25) is 5.91 Å². The Morgan fingerprint density at radius 3 is 2.71 bits per heavy atom. The predicted octanol–water partition coefficient (Wildman–Crippen LogP) is 3.60. The maximum absolute atomic E-state index is 12.3. The highest BCUT2D eigenvalue weighted by atomic mass is 32.2. The van der Waals surface area contributed by atoms with Crippen LogP contribution in [-0.4, -0.2) is 18.8 Å². The maximum Gasteiger partial charge on any atom is 0.231 e. The van der Waals surface area contributed by atoms with Crippen molar-refractivity contribution in [2.24, 2.45) is 5.92 Å². The average Bonchev–Trinajstić information content (AvgIpc) is 2.55. The van der Waals surface area contributed by atoms with E-state index in [1.807, 2.05) is 54.8 Å². The molecular weight excluding hydrogens is 282 g/mol.